The minimum atomic E-state index is -0.756. The standard InChI is InChI=1S/C15H28N2O3/c1-11(6-7-14(18)19)8-9-16-15(20)17-13-5-3-4-12(2)10-13/h11-13H,3-10H2,1-2H3,(H,18,19)(H2,16,17,20). The average molecular weight is 284 g/mol. The molecular formula is C15H28N2O3. The Morgan fingerprint density at radius 3 is 2.70 bits per heavy atom. The van der Waals surface area contributed by atoms with Gasteiger partial charge in [0.15, 0.2) is 0 Å². The zero-order valence-corrected chi connectivity index (χ0v) is 12.7. The maximum Gasteiger partial charge on any atom is 0.315 e. The van der Waals surface area contributed by atoms with Gasteiger partial charge in [-0.25, -0.2) is 4.79 Å². The van der Waals surface area contributed by atoms with Crippen molar-refractivity contribution in [2.75, 3.05) is 6.54 Å². The Bertz CT molecular complexity index is 320. The number of hydrogen-bond acceptors (Lipinski definition) is 2. The third kappa shape index (κ3) is 7.36. The van der Waals surface area contributed by atoms with Gasteiger partial charge in [0.05, 0.1) is 0 Å². The highest BCUT2D eigenvalue weighted by Gasteiger charge is 2.20. The predicted octanol–water partition coefficient (Wildman–Crippen LogP) is 2.76. The largest absolute Gasteiger partial charge is 0.481 e. The van der Waals surface area contributed by atoms with E-state index in [1.807, 2.05) is 6.92 Å². The van der Waals surface area contributed by atoms with Crippen molar-refractivity contribution in [3.63, 3.8) is 0 Å². The fraction of sp³-hybridized carbons (Fsp3) is 0.867. The van der Waals surface area contributed by atoms with Gasteiger partial charge < -0.3 is 15.7 Å². The highest BCUT2D eigenvalue weighted by Crippen LogP contribution is 2.23. The highest BCUT2D eigenvalue weighted by atomic mass is 16.4. The number of carbonyl (C=O) groups excluding carboxylic acids is 1. The highest BCUT2D eigenvalue weighted by molar-refractivity contribution is 5.74. The lowest BCUT2D eigenvalue weighted by Crippen LogP contribution is -2.44. The summed E-state index contributed by atoms with van der Waals surface area (Å²) in [6.45, 7) is 4.86. The number of carboxylic acids is 1. The van der Waals surface area contributed by atoms with Crippen LogP contribution in [0.4, 0.5) is 4.79 Å². The molecule has 3 unspecified atom stereocenters. The van der Waals surface area contributed by atoms with Gasteiger partial charge in [0.1, 0.15) is 0 Å². The molecule has 0 spiro atoms. The second kappa shape index (κ2) is 8.82. The molecule has 5 heteroatoms. The van der Waals surface area contributed by atoms with Crippen LogP contribution >= 0.6 is 0 Å². The van der Waals surface area contributed by atoms with Gasteiger partial charge in [-0.3, -0.25) is 4.79 Å². The molecule has 1 fully saturated rings. The van der Waals surface area contributed by atoms with Crippen LogP contribution in [-0.4, -0.2) is 29.7 Å². The molecule has 3 N–H and O–H groups in total. The lowest BCUT2D eigenvalue weighted by atomic mass is 9.87. The third-order valence-corrected chi connectivity index (χ3v) is 4.05. The number of hydrogen-bond donors (Lipinski definition) is 3. The molecule has 116 valence electrons. The van der Waals surface area contributed by atoms with E-state index in [2.05, 4.69) is 17.6 Å². The number of nitrogens with one attached hydrogen (secondary N) is 2. The van der Waals surface area contributed by atoms with E-state index in [1.165, 1.54) is 12.8 Å². The van der Waals surface area contributed by atoms with Crippen molar-refractivity contribution < 1.29 is 14.7 Å². The second-order valence-electron chi connectivity index (χ2n) is 6.20. The summed E-state index contributed by atoms with van der Waals surface area (Å²) in [4.78, 5) is 22.2. The Labute approximate surface area is 121 Å². The molecule has 0 radical (unpaired) electrons. The Morgan fingerprint density at radius 1 is 1.30 bits per heavy atom. The van der Waals surface area contributed by atoms with Crippen LogP contribution < -0.4 is 10.6 Å². The number of aliphatic carboxylic acids is 1. The lowest BCUT2D eigenvalue weighted by molar-refractivity contribution is -0.137. The summed E-state index contributed by atoms with van der Waals surface area (Å²) in [5.74, 6) is 0.264. The van der Waals surface area contributed by atoms with Gasteiger partial charge in [0.2, 0.25) is 0 Å². The quantitative estimate of drug-likeness (QED) is 0.672. The Balaban J connectivity index is 2.09. The topological polar surface area (TPSA) is 78.4 Å². The molecule has 5 nitrogen and oxygen atoms in total. The molecule has 20 heavy (non-hydrogen) atoms. The van der Waals surface area contributed by atoms with Gasteiger partial charge in [-0.15, -0.1) is 0 Å². The fourth-order valence-electron chi connectivity index (χ4n) is 2.75. The number of urea groups is 1. The van der Waals surface area contributed by atoms with E-state index in [0.717, 1.165) is 19.3 Å². The number of carboxylic acid groups (broad SMARTS) is 1. The fourth-order valence-corrected chi connectivity index (χ4v) is 2.75. The average Bonchev–Trinajstić information content (AvgIpc) is 2.36. The SMILES string of the molecule is CC(CCNC(=O)NC1CCCC(C)C1)CCC(=O)O. The summed E-state index contributed by atoms with van der Waals surface area (Å²) in [5, 5.41) is 14.5. The maximum absolute atomic E-state index is 11.7. The summed E-state index contributed by atoms with van der Waals surface area (Å²) >= 11 is 0. The molecule has 1 aliphatic carbocycles. The van der Waals surface area contributed by atoms with Gasteiger partial charge in [0, 0.05) is 19.0 Å². The first-order valence-electron chi connectivity index (χ1n) is 7.73. The first-order valence-corrected chi connectivity index (χ1v) is 7.73. The van der Waals surface area contributed by atoms with Gasteiger partial charge in [-0.05, 0) is 37.5 Å². The van der Waals surface area contributed by atoms with E-state index in [9.17, 15) is 9.59 Å². The predicted molar refractivity (Wildman–Crippen MR) is 78.6 cm³/mol. The molecule has 0 aromatic rings. The minimum Gasteiger partial charge on any atom is -0.481 e. The van der Waals surface area contributed by atoms with Crippen LogP contribution in [0.5, 0.6) is 0 Å². The third-order valence-electron chi connectivity index (χ3n) is 4.05. The molecule has 0 heterocycles. The molecule has 0 saturated heterocycles. The summed E-state index contributed by atoms with van der Waals surface area (Å²) in [7, 11) is 0. The summed E-state index contributed by atoms with van der Waals surface area (Å²) in [6, 6.07) is 0.220. The van der Waals surface area contributed by atoms with Crippen LogP contribution in [0.2, 0.25) is 0 Å². The van der Waals surface area contributed by atoms with E-state index >= 15 is 0 Å². The molecule has 0 bridgehead atoms. The summed E-state index contributed by atoms with van der Waals surface area (Å²) in [6.07, 6.45) is 6.29. The molecule has 3 atom stereocenters. The zero-order chi connectivity index (χ0) is 15.0. The number of carbonyl (C=O) groups is 2. The van der Waals surface area contributed by atoms with Crippen molar-refractivity contribution in [3.8, 4) is 0 Å². The normalized spacial score (nSPS) is 23.9. The molecule has 0 aromatic carbocycles. The molecule has 1 rings (SSSR count). The molecule has 2 amide bonds. The Kier molecular flexibility index (Phi) is 7.41. The molecular weight excluding hydrogens is 256 g/mol. The first-order chi connectivity index (χ1) is 9.47. The molecule has 0 aliphatic heterocycles. The molecule has 0 aromatic heterocycles. The van der Waals surface area contributed by atoms with E-state index in [1.54, 1.807) is 0 Å². The van der Waals surface area contributed by atoms with E-state index in [4.69, 9.17) is 5.11 Å². The van der Waals surface area contributed by atoms with Gasteiger partial charge in [-0.1, -0.05) is 26.7 Å². The second-order valence-corrected chi connectivity index (χ2v) is 6.20. The summed E-state index contributed by atoms with van der Waals surface area (Å²) < 4.78 is 0. The van der Waals surface area contributed by atoms with Crippen LogP contribution in [0, 0.1) is 11.8 Å². The van der Waals surface area contributed by atoms with Gasteiger partial charge in [0.25, 0.3) is 0 Å². The van der Waals surface area contributed by atoms with Crippen molar-refractivity contribution in [2.45, 2.75) is 64.8 Å². The molecule has 1 aliphatic rings. The van der Waals surface area contributed by atoms with Crippen LogP contribution in [0.25, 0.3) is 0 Å². The van der Waals surface area contributed by atoms with Crippen molar-refractivity contribution in [1.29, 1.82) is 0 Å². The van der Waals surface area contributed by atoms with Crippen molar-refractivity contribution in [2.24, 2.45) is 11.8 Å². The van der Waals surface area contributed by atoms with Crippen molar-refractivity contribution in [1.82, 2.24) is 10.6 Å². The Hall–Kier alpha value is -1.26. The Morgan fingerprint density at radius 2 is 2.05 bits per heavy atom. The number of amides is 2. The number of rotatable bonds is 7. The van der Waals surface area contributed by atoms with Gasteiger partial charge >= 0.3 is 12.0 Å². The summed E-state index contributed by atoms with van der Waals surface area (Å²) in [5.41, 5.74) is 0. The van der Waals surface area contributed by atoms with Crippen LogP contribution in [0.1, 0.15) is 58.8 Å². The van der Waals surface area contributed by atoms with Crippen molar-refractivity contribution in [3.05, 3.63) is 0 Å². The first kappa shape index (κ1) is 16.8. The van der Waals surface area contributed by atoms with Crippen molar-refractivity contribution >= 4 is 12.0 Å². The van der Waals surface area contributed by atoms with E-state index < -0.39 is 5.97 Å². The maximum atomic E-state index is 11.7. The minimum absolute atomic E-state index is 0.0884. The van der Waals surface area contributed by atoms with Gasteiger partial charge in [-0.2, -0.15) is 0 Å². The van der Waals surface area contributed by atoms with Crippen LogP contribution in [0.3, 0.4) is 0 Å². The van der Waals surface area contributed by atoms with E-state index in [0.29, 0.717) is 30.8 Å². The molecule has 1 saturated carbocycles. The lowest BCUT2D eigenvalue weighted by Gasteiger charge is -2.27. The van der Waals surface area contributed by atoms with Crippen LogP contribution in [-0.2, 0) is 4.79 Å². The van der Waals surface area contributed by atoms with Crippen LogP contribution in [0.15, 0.2) is 0 Å². The smallest absolute Gasteiger partial charge is 0.315 e. The monoisotopic (exact) mass is 284 g/mol. The zero-order valence-electron chi connectivity index (χ0n) is 12.7. The van der Waals surface area contributed by atoms with E-state index in [-0.39, 0.29) is 12.5 Å².